The number of hydrogen-bond donors (Lipinski definition) is 3. The van der Waals surface area contributed by atoms with Crippen LogP contribution in [0.2, 0.25) is 5.02 Å². The molecule has 0 aliphatic heterocycles. The number of halogens is 2. The van der Waals surface area contributed by atoms with E-state index in [9.17, 15) is 19.5 Å². The van der Waals surface area contributed by atoms with Gasteiger partial charge < -0.3 is 15.5 Å². The summed E-state index contributed by atoms with van der Waals surface area (Å²) in [7, 11) is 0. The van der Waals surface area contributed by atoms with Crippen molar-refractivity contribution >= 4 is 39.4 Å². The summed E-state index contributed by atoms with van der Waals surface area (Å²) in [4.78, 5) is 39.7. The number of hydrogen-bond acceptors (Lipinski definition) is 5. The lowest BCUT2D eigenvalue weighted by Crippen LogP contribution is -2.35. The van der Waals surface area contributed by atoms with Crippen molar-refractivity contribution in [3.63, 3.8) is 0 Å². The molecule has 0 atom stereocenters. The van der Waals surface area contributed by atoms with E-state index in [1.807, 2.05) is 18.2 Å². The largest absolute Gasteiger partial charge is 0.494 e. The predicted octanol–water partition coefficient (Wildman–Crippen LogP) is 2.82. The van der Waals surface area contributed by atoms with Crippen LogP contribution in [0.5, 0.6) is 5.88 Å². The van der Waals surface area contributed by atoms with E-state index in [-0.39, 0.29) is 18.8 Å². The van der Waals surface area contributed by atoms with Gasteiger partial charge in [0.05, 0.1) is 6.54 Å². The second-order valence-corrected chi connectivity index (χ2v) is 7.82. The van der Waals surface area contributed by atoms with Crippen LogP contribution >= 0.6 is 27.5 Å². The number of nitrogens with zero attached hydrogens (tertiary/aromatic N) is 2. The molecule has 3 N–H and O–H groups in total. The number of amides is 1. The Kier molecular flexibility index (Phi) is 7.09. The number of aliphatic carboxylic acids is 1. The highest BCUT2D eigenvalue weighted by Crippen LogP contribution is 2.24. The number of aromatic nitrogens is 2. The van der Waals surface area contributed by atoms with E-state index in [2.05, 4.69) is 26.2 Å². The number of nitrogens with one attached hydrogen (secondary N) is 1. The van der Waals surface area contributed by atoms with Crippen LogP contribution in [0, 0.1) is 0 Å². The summed E-state index contributed by atoms with van der Waals surface area (Å²) in [6, 6.07) is 14.3. The molecule has 0 radical (unpaired) electrons. The molecule has 1 amide bonds. The van der Waals surface area contributed by atoms with E-state index in [1.165, 1.54) is 4.57 Å². The third-order valence-electron chi connectivity index (χ3n) is 4.46. The summed E-state index contributed by atoms with van der Waals surface area (Å²) in [5.41, 5.74) is -0.151. The smallest absolute Gasteiger partial charge is 0.322 e. The zero-order chi connectivity index (χ0) is 22.5. The molecule has 0 fully saturated rings. The van der Waals surface area contributed by atoms with Gasteiger partial charge in [0, 0.05) is 15.9 Å². The van der Waals surface area contributed by atoms with Gasteiger partial charge >= 0.3 is 5.97 Å². The maximum Gasteiger partial charge on any atom is 0.322 e. The molecule has 1 aromatic heterocycles. The lowest BCUT2D eigenvalue weighted by Gasteiger charge is -2.18. The van der Waals surface area contributed by atoms with Gasteiger partial charge in [0.25, 0.3) is 11.5 Å². The zero-order valence-electron chi connectivity index (χ0n) is 16.0. The van der Waals surface area contributed by atoms with Crippen LogP contribution in [0.3, 0.4) is 0 Å². The van der Waals surface area contributed by atoms with Gasteiger partial charge in [-0.1, -0.05) is 63.9 Å². The van der Waals surface area contributed by atoms with Crippen molar-refractivity contribution in [2.45, 2.75) is 13.0 Å². The summed E-state index contributed by atoms with van der Waals surface area (Å²) in [6.07, 6.45) is 0.129. The Labute approximate surface area is 190 Å². The van der Waals surface area contributed by atoms with Gasteiger partial charge in [-0.3, -0.25) is 19.0 Å². The summed E-state index contributed by atoms with van der Waals surface area (Å²) in [5.74, 6) is -2.73. The van der Waals surface area contributed by atoms with Gasteiger partial charge in [-0.05, 0) is 23.3 Å². The standard InChI is InChI=1S/C21H17BrClN3O5/c22-14-7-3-1-6-13(14)11-26-16(9-12-5-2-4-8-15(12)23)25-20(30)18(21(26)31)19(29)24-10-17(27)28/h1-8,31H,9-11H2,(H,24,29)(H,27,28). The average molecular weight is 507 g/mol. The maximum atomic E-state index is 12.6. The van der Waals surface area contributed by atoms with Gasteiger partial charge in [-0.25, -0.2) is 0 Å². The van der Waals surface area contributed by atoms with E-state index in [0.29, 0.717) is 10.6 Å². The Hall–Kier alpha value is -3.17. The van der Waals surface area contributed by atoms with Crippen molar-refractivity contribution in [3.8, 4) is 5.88 Å². The van der Waals surface area contributed by atoms with E-state index in [4.69, 9.17) is 16.7 Å². The van der Waals surface area contributed by atoms with E-state index in [0.717, 1.165) is 10.0 Å². The molecule has 0 bridgehead atoms. The molecule has 1 heterocycles. The molecule has 0 aliphatic rings. The summed E-state index contributed by atoms with van der Waals surface area (Å²) >= 11 is 9.68. The van der Waals surface area contributed by atoms with Gasteiger partial charge in [0.1, 0.15) is 12.4 Å². The molecule has 0 saturated heterocycles. The number of carbonyl (C=O) groups excluding carboxylic acids is 1. The monoisotopic (exact) mass is 505 g/mol. The van der Waals surface area contributed by atoms with Crippen LogP contribution in [-0.2, 0) is 17.8 Å². The number of carboxylic acids is 1. The Morgan fingerprint density at radius 1 is 1.10 bits per heavy atom. The van der Waals surface area contributed by atoms with Crippen molar-refractivity contribution in [2.24, 2.45) is 0 Å². The second kappa shape index (κ2) is 9.76. The third kappa shape index (κ3) is 5.31. The lowest BCUT2D eigenvalue weighted by molar-refractivity contribution is -0.135. The highest BCUT2D eigenvalue weighted by molar-refractivity contribution is 9.10. The topological polar surface area (TPSA) is 122 Å². The molecule has 0 unspecified atom stereocenters. The number of aromatic hydroxyl groups is 1. The first-order valence-corrected chi connectivity index (χ1v) is 10.2. The van der Waals surface area contributed by atoms with Crippen molar-refractivity contribution in [2.75, 3.05) is 6.54 Å². The zero-order valence-corrected chi connectivity index (χ0v) is 18.4. The Morgan fingerprint density at radius 3 is 2.39 bits per heavy atom. The fourth-order valence-corrected chi connectivity index (χ4v) is 3.55. The minimum absolute atomic E-state index is 0.0968. The molecule has 3 rings (SSSR count). The lowest BCUT2D eigenvalue weighted by atomic mass is 10.1. The van der Waals surface area contributed by atoms with Crippen LogP contribution in [-0.4, -0.2) is 38.2 Å². The first kappa shape index (κ1) is 22.5. The van der Waals surface area contributed by atoms with Crippen LogP contribution in [0.1, 0.15) is 27.3 Å². The Morgan fingerprint density at radius 2 is 1.74 bits per heavy atom. The van der Waals surface area contributed by atoms with Crippen molar-refractivity contribution in [1.82, 2.24) is 14.9 Å². The first-order chi connectivity index (χ1) is 14.8. The first-order valence-electron chi connectivity index (χ1n) is 9.07. The minimum atomic E-state index is -1.29. The number of benzene rings is 2. The highest BCUT2D eigenvalue weighted by Gasteiger charge is 2.24. The highest BCUT2D eigenvalue weighted by atomic mass is 79.9. The molecule has 8 nitrogen and oxygen atoms in total. The summed E-state index contributed by atoms with van der Waals surface area (Å²) in [5, 5.41) is 22.2. The van der Waals surface area contributed by atoms with E-state index >= 15 is 0 Å². The van der Waals surface area contributed by atoms with Gasteiger partial charge in [-0.2, -0.15) is 4.98 Å². The van der Waals surface area contributed by atoms with Gasteiger partial charge in [0.2, 0.25) is 5.88 Å². The molecule has 2 aromatic carbocycles. The SMILES string of the molecule is O=C(O)CNC(=O)c1c(O)n(Cc2ccccc2Br)c(Cc2ccccc2Cl)nc1=O. The second-order valence-electron chi connectivity index (χ2n) is 6.55. The third-order valence-corrected chi connectivity index (χ3v) is 5.60. The van der Waals surface area contributed by atoms with Crippen LogP contribution < -0.4 is 10.9 Å². The van der Waals surface area contributed by atoms with Crippen molar-refractivity contribution in [3.05, 3.63) is 90.9 Å². The predicted molar refractivity (Wildman–Crippen MR) is 118 cm³/mol. The molecular weight excluding hydrogens is 490 g/mol. The molecule has 0 saturated carbocycles. The molecule has 31 heavy (non-hydrogen) atoms. The molecule has 0 aliphatic carbocycles. The fourth-order valence-electron chi connectivity index (χ4n) is 2.94. The van der Waals surface area contributed by atoms with Gasteiger partial charge in [0.15, 0.2) is 5.56 Å². The Bertz CT molecular complexity index is 1210. The number of carbonyl (C=O) groups is 2. The number of carboxylic acid groups (broad SMARTS) is 1. The van der Waals surface area contributed by atoms with Crippen LogP contribution in [0.4, 0.5) is 0 Å². The quantitative estimate of drug-likeness (QED) is 0.453. The van der Waals surface area contributed by atoms with Gasteiger partial charge in [-0.15, -0.1) is 0 Å². The minimum Gasteiger partial charge on any atom is -0.494 e. The number of rotatable bonds is 7. The molecule has 0 spiro atoms. The average Bonchev–Trinajstić information content (AvgIpc) is 2.72. The van der Waals surface area contributed by atoms with E-state index in [1.54, 1.807) is 30.3 Å². The Balaban J connectivity index is 2.12. The summed E-state index contributed by atoms with van der Waals surface area (Å²) in [6.45, 7) is -0.608. The molecule has 3 aromatic rings. The van der Waals surface area contributed by atoms with Crippen molar-refractivity contribution < 1.29 is 19.8 Å². The molecule has 10 heteroatoms. The van der Waals surface area contributed by atoms with Crippen LogP contribution in [0.25, 0.3) is 0 Å². The van der Waals surface area contributed by atoms with Crippen LogP contribution in [0.15, 0.2) is 57.8 Å². The fraction of sp³-hybridized carbons (Fsp3) is 0.143. The maximum absolute atomic E-state index is 12.6. The normalized spacial score (nSPS) is 10.6. The summed E-state index contributed by atoms with van der Waals surface area (Å²) < 4.78 is 2.09. The molecule has 160 valence electrons. The van der Waals surface area contributed by atoms with Crippen molar-refractivity contribution in [1.29, 1.82) is 0 Å². The molecular formula is C21H17BrClN3O5. The van der Waals surface area contributed by atoms with E-state index < -0.39 is 35.4 Å².